The second-order valence-corrected chi connectivity index (χ2v) is 6.67. The summed E-state index contributed by atoms with van der Waals surface area (Å²) in [5, 5.41) is 3.57. The molecular formula is C18H29N3. The average Bonchev–Trinajstić information content (AvgIpc) is 2.94. The van der Waals surface area contributed by atoms with Crippen molar-refractivity contribution >= 4 is 0 Å². The van der Waals surface area contributed by atoms with Crippen LogP contribution in [-0.2, 0) is 6.54 Å². The van der Waals surface area contributed by atoms with E-state index in [9.17, 15) is 0 Å². The Kier molecular flexibility index (Phi) is 4.94. The first-order chi connectivity index (χ1) is 10.3. The zero-order valence-electron chi connectivity index (χ0n) is 13.5. The minimum atomic E-state index is 0.636. The summed E-state index contributed by atoms with van der Waals surface area (Å²) in [6, 6.07) is 9.70. The molecule has 2 atom stereocenters. The summed E-state index contributed by atoms with van der Waals surface area (Å²) in [5.41, 5.74) is 3.04. The highest BCUT2D eigenvalue weighted by atomic mass is 15.2. The van der Waals surface area contributed by atoms with Crippen LogP contribution < -0.4 is 5.32 Å². The SMILES string of the molecule is CCN1CCCC1CN(C)CC1CNCc2ccccc21. The number of fused-ring (bicyclic) bond motifs is 1. The number of likely N-dealkylation sites (N-methyl/N-ethyl adjacent to an activating group) is 2. The van der Waals surface area contributed by atoms with Gasteiger partial charge in [0.1, 0.15) is 0 Å². The predicted octanol–water partition coefficient (Wildman–Crippen LogP) is 2.29. The molecule has 2 aliphatic rings. The fourth-order valence-corrected chi connectivity index (χ4v) is 4.08. The maximum atomic E-state index is 3.57. The van der Waals surface area contributed by atoms with Gasteiger partial charge in [-0.3, -0.25) is 4.90 Å². The van der Waals surface area contributed by atoms with Crippen LogP contribution in [0.15, 0.2) is 24.3 Å². The second-order valence-electron chi connectivity index (χ2n) is 6.67. The van der Waals surface area contributed by atoms with E-state index in [0.29, 0.717) is 5.92 Å². The third-order valence-electron chi connectivity index (χ3n) is 5.16. The van der Waals surface area contributed by atoms with Gasteiger partial charge in [-0.1, -0.05) is 31.2 Å². The summed E-state index contributed by atoms with van der Waals surface area (Å²) in [7, 11) is 2.30. The van der Waals surface area contributed by atoms with Crippen LogP contribution in [0.5, 0.6) is 0 Å². The Morgan fingerprint density at radius 1 is 1.29 bits per heavy atom. The molecule has 0 bridgehead atoms. The van der Waals surface area contributed by atoms with E-state index in [1.54, 1.807) is 5.56 Å². The summed E-state index contributed by atoms with van der Waals surface area (Å²) < 4.78 is 0. The quantitative estimate of drug-likeness (QED) is 0.896. The van der Waals surface area contributed by atoms with Gasteiger partial charge < -0.3 is 10.2 Å². The van der Waals surface area contributed by atoms with Crippen molar-refractivity contribution in [3.05, 3.63) is 35.4 Å². The fourth-order valence-electron chi connectivity index (χ4n) is 4.08. The van der Waals surface area contributed by atoms with E-state index in [1.807, 2.05) is 0 Å². The van der Waals surface area contributed by atoms with Crippen molar-refractivity contribution in [2.75, 3.05) is 39.8 Å². The number of hydrogen-bond acceptors (Lipinski definition) is 3. The summed E-state index contributed by atoms with van der Waals surface area (Å²) in [6.45, 7) is 9.31. The summed E-state index contributed by atoms with van der Waals surface area (Å²) in [5.74, 6) is 0.636. The van der Waals surface area contributed by atoms with Crippen molar-refractivity contribution in [3.8, 4) is 0 Å². The number of benzene rings is 1. The van der Waals surface area contributed by atoms with Crippen molar-refractivity contribution in [1.82, 2.24) is 15.1 Å². The van der Waals surface area contributed by atoms with Gasteiger partial charge in [-0.05, 0) is 44.1 Å². The van der Waals surface area contributed by atoms with Crippen LogP contribution in [0.4, 0.5) is 0 Å². The largest absolute Gasteiger partial charge is 0.312 e. The molecule has 0 amide bonds. The van der Waals surface area contributed by atoms with Crippen molar-refractivity contribution < 1.29 is 0 Å². The molecule has 1 aromatic carbocycles. The van der Waals surface area contributed by atoms with Gasteiger partial charge in [0.15, 0.2) is 0 Å². The minimum Gasteiger partial charge on any atom is -0.312 e. The first kappa shape index (κ1) is 15.0. The van der Waals surface area contributed by atoms with E-state index in [1.165, 1.54) is 38.0 Å². The van der Waals surface area contributed by atoms with Crippen LogP contribution in [0.2, 0.25) is 0 Å². The highest BCUT2D eigenvalue weighted by Gasteiger charge is 2.26. The summed E-state index contributed by atoms with van der Waals surface area (Å²) in [6.07, 6.45) is 2.75. The lowest BCUT2D eigenvalue weighted by atomic mass is 9.90. The molecule has 3 nitrogen and oxygen atoms in total. The molecular weight excluding hydrogens is 258 g/mol. The first-order valence-corrected chi connectivity index (χ1v) is 8.49. The van der Waals surface area contributed by atoms with Crippen LogP contribution in [0.25, 0.3) is 0 Å². The molecule has 1 saturated heterocycles. The lowest BCUT2D eigenvalue weighted by Gasteiger charge is -2.33. The Morgan fingerprint density at radius 2 is 2.14 bits per heavy atom. The van der Waals surface area contributed by atoms with E-state index in [0.717, 1.165) is 25.7 Å². The molecule has 0 radical (unpaired) electrons. The highest BCUT2D eigenvalue weighted by Crippen LogP contribution is 2.25. The van der Waals surface area contributed by atoms with Crippen molar-refractivity contribution in [3.63, 3.8) is 0 Å². The smallest absolute Gasteiger partial charge is 0.0223 e. The zero-order valence-corrected chi connectivity index (χ0v) is 13.5. The maximum absolute atomic E-state index is 3.57. The second kappa shape index (κ2) is 6.91. The number of nitrogens with one attached hydrogen (secondary N) is 1. The third-order valence-corrected chi connectivity index (χ3v) is 5.16. The van der Waals surface area contributed by atoms with Crippen LogP contribution in [0.1, 0.15) is 36.8 Å². The van der Waals surface area contributed by atoms with Crippen LogP contribution in [-0.4, -0.2) is 55.6 Å². The number of rotatable bonds is 5. The highest BCUT2D eigenvalue weighted by molar-refractivity contribution is 5.32. The minimum absolute atomic E-state index is 0.636. The van der Waals surface area contributed by atoms with Gasteiger partial charge in [0.25, 0.3) is 0 Å². The Hall–Kier alpha value is -0.900. The molecule has 2 aliphatic heterocycles. The zero-order chi connectivity index (χ0) is 14.7. The number of likely N-dealkylation sites (tertiary alicyclic amines) is 1. The van der Waals surface area contributed by atoms with Crippen molar-refractivity contribution in [2.45, 2.75) is 38.3 Å². The van der Waals surface area contributed by atoms with Crippen LogP contribution in [0, 0.1) is 0 Å². The first-order valence-electron chi connectivity index (χ1n) is 8.49. The standard InChI is InChI=1S/C18H29N3/c1-3-21-10-6-8-17(21)14-20(2)13-16-12-19-11-15-7-4-5-9-18(15)16/h4-5,7,9,16-17,19H,3,6,8,10-14H2,1-2H3. The Bertz CT molecular complexity index is 460. The van der Waals surface area contributed by atoms with E-state index < -0.39 is 0 Å². The maximum Gasteiger partial charge on any atom is 0.0223 e. The molecule has 1 aromatic rings. The van der Waals surface area contributed by atoms with Gasteiger partial charge in [-0.2, -0.15) is 0 Å². The molecule has 0 spiro atoms. The fraction of sp³-hybridized carbons (Fsp3) is 0.667. The van der Waals surface area contributed by atoms with E-state index >= 15 is 0 Å². The Labute approximate surface area is 129 Å². The molecule has 21 heavy (non-hydrogen) atoms. The van der Waals surface area contributed by atoms with Gasteiger partial charge >= 0.3 is 0 Å². The van der Waals surface area contributed by atoms with Crippen molar-refractivity contribution in [1.29, 1.82) is 0 Å². The predicted molar refractivity (Wildman–Crippen MR) is 88.7 cm³/mol. The lowest BCUT2D eigenvalue weighted by molar-refractivity contribution is 0.191. The summed E-state index contributed by atoms with van der Waals surface area (Å²) in [4.78, 5) is 5.19. The average molecular weight is 287 g/mol. The van der Waals surface area contributed by atoms with E-state index in [-0.39, 0.29) is 0 Å². The van der Waals surface area contributed by atoms with Crippen LogP contribution >= 0.6 is 0 Å². The van der Waals surface area contributed by atoms with Gasteiger partial charge in [-0.15, -0.1) is 0 Å². The van der Waals surface area contributed by atoms with Gasteiger partial charge in [-0.25, -0.2) is 0 Å². The molecule has 3 rings (SSSR count). The van der Waals surface area contributed by atoms with E-state index in [2.05, 4.69) is 53.4 Å². The molecule has 2 unspecified atom stereocenters. The summed E-state index contributed by atoms with van der Waals surface area (Å²) >= 11 is 0. The molecule has 1 fully saturated rings. The third kappa shape index (κ3) is 3.47. The van der Waals surface area contributed by atoms with Crippen LogP contribution in [0.3, 0.4) is 0 Å². The van der Waals surface area contributed by atoms with Gasteiger partial charge in [0.05, 0.1) is 0 Å². The van der Waals surface area contributed by atoms with Gasteiger partial charge in [0, 0.05) is 38.1 Å². The molecule has 116 valence electrons. The molecule has 3 heteroatoms. The topological polar surface area (TPSA) is 18.5 Å². The Morgan fingerprint density at radius 3 is 3.00 bits per heavy atom. The normalized spacial score (nSPS) is 26.2. The molecule has 2 heterocycles. The lowest BCUT2D eigenvalue weighted by Crippen LogP contribution is -2.42. The van der Waals surface area contributed by atoms with Gasteiger partial charge in [0.2, 0.25) is 0 Å². The monoisotopic (exact) mass is 287 g/mol. The van der Waals surface area contributed by atoms with Crippen molar-refractivity contribution in [2.24, 2.45) is 0 Å². The number of hydrogen-bond donors (Lipinski definition) is 1. The molecule has 0 saturated carbocycles. The van der Waals surface area contributed by atoms with E-state index in [4.69, 9.17) is 0 Å². The Balaban J connectivity index is 1.59. The number of nitrogens with zero attached hydrogens (tertiary/aromatic N) is 2. The molecule has 0 aromatic heterocycles. The molecule has 0 aliphatic carbocycles. The molecule has 1 N–H and O–H groups in total.